The lowest BCUT2D eigenvalue weighted by molar-refractivity contribution is 0.0953. The zero-order chi connectivity index (χ0) is 12.6. The molecule has 16 heavy (non-hydrogen) atoms. The fraction of sp³-hybridized carbons (Fsp3) is 0.400. The summed E-state index contributed by atoms with van der Waals surface area (Å²) in [5, 5.41) is 0. The highest BCUT2D eigenvalue weighted by atomic mass is 16.1. The van der Waals surface area contributed by atoms with Gasteiger partial charge in [0.25, 0.3) is 0 Å². The molecule has 1 nitrogen and oxygen atoms in total. The van der Waals surface area contributed by atoms with Crippen LogP contribution in [-0.4, -0.2) is 5.78 Å². The SMILES string of the molecule is CC.CC(C)=CC(C)C(=O)c1ccccc1. The highest BCUT2D eigenvalue weighted by Crippen LogP contribution is 2.11. The van der Waals surface area contributed by atoms with Crippen molar-refractivity contribution in [3.8, 4) is 0 Å². The minimum absolute atomic E-state index is 0.0256. The van der Waals surface area contributed by atoms with Gasteiger partial charge >= 0.3 is 0 Å². The fourth-order valence-electron chi connectivity index (χ4n) is 1.44. The van der Waals surface area contributed by atoms with Gasteiger partial charge in [0, 0.05) is 11.5 Å². The van der Waals surface area contributed by atoms with Gasteiger partial charge in [0.1, 0.15) is 0 Å². The van der Waals surface area contributed by atoms with E-state index in [4.69, 9.17) is 0 Å². The van der Waals surface area contributed by atoms with Crippen molar-refractivity contribution in [2.75, 3.05) is 0 Å². The van der Waals surface area contributed by atoms with Crippen LogP contribution in [0.3, 0.4) is 0 Å². The molecule has 0 heterocycles. The van der Waals surface area contributed by atoms with Crippen LogP contribution in [0.5, 0.6) is 0 Å². The van der Waals surface area contributed by atoms with Crippen LogP contribution in [0, 0.1) is 5.92 Å². The lowest BCUT2D eigenvalue weighted by atomic mass is 9.98. The standard InChI is InChI=1S/C13H16O.C2H6/c1-10(2)9-11(3)13(14)12-7-5-4-6-8-12;1-2/h4-9,11H,1-3H3;1-2H3. The van der Waals surface area contributed by atoms with Gasteiger partial charge in [-0.25, -0.2) is 0 Å². The van der Waals surface area contributed by atoms with E-state index >= 15 is 0 Å². The van der Waals surface area contributed by atoms with Gasteiger partial charge in [-0.1, -0.05) is 62.8 Å². The van der Waals surface area contributed by atoms with Crippen molar-refractivity contribution in [2.45, 2.75) is 34.6 Å². The highest BCUT2D eigenvalue weighted by molar-refractivity contribution is 5.98. The lowest BCUT2D eigenvalue weighted by Crippen LogP contribution is -2.08. The number of benzene rings is 1. The fourth-order valence-corrected chi connectivity index (χ4v) is 1.44. The van der Waals surface area contributed by atoms with Gasteiger partial charge in [-0.05, 0) is 13.8 Å². The van der Waals surface area contributed by atoms with Crippen LogP contribution in [0.4, 0.5) is 0 Å². The van der Waals surface area contributed by atoms with Gasteiger partial charge in [0.2, 0.25) is 0 Å². The van der Waals surface area contributed by atoms with Gasteiger partial charge in [0.05, 0.1) is 0 Å². The molecule has 88 valence electrons. The maximum Gasteiger partial charge on any atom is 0.169 e. The second-order valence-corrected chi connectivity index (χ2v) is 3.76. The quantitative estimate of drug-likeness (QED) is 0.539. The minimum atomic E-state index is -0.0256. The largest absolute Gasteiger partial charge is 0.294 e. The molecule has 0 aliphatic rings. The average molecular weight is 218 g/mol. The summed E-state index contributed by atoms with van der Waals surface area (Å²) in [6, 6.07) is 9.42. The number of ketones is 1. The van der Waals surface area contributed by atoms with Crippen LogP contribution in [0.15, 0.2) is 42.0 Å². The second kappa shape index (κ2) is 7.86. The molecule has 1 unspecified atom stereocenters. The monoisotopic (exact) mass is 218 g/mol. The summed E-state index contributed by atoms with van der Waals surface area (Å²) in [6.07, 6.45) is 2.00. The Hall–Kier alpha value is -1.37. The zero-order valence-electron chi connectivity index (χ0n) is 10.9. The molecular formula is C15H22O. The molecule has 0 aliphatic carbocycles. The van der Waals surface area contributed by atoms with E-state index in [9.17, 15) is 4.79 Å². The molecule has 0 amide bonds. The maximum absolute atomic E-state index is 11.8. The summed E-state index contributed by atoms with van der Waals surface area (Å²) in [7, 11) is 0. The van der Waals surface area contributed by atoms with Gasteiger partial charge in [-0.3, -0.25) is 4.79 Å². The van der Waals surface area contributed by atoms with E-state index in [2.05, 4.69) is 0 Å². The van der Waals surface area contributed by atoms with Crippen LogP contribution < -0.4 is 0 Å². The summed E-state index contributed by atoms with van der Waals surface area (Å²) in [4.78, 5) is 11.8. The Kier molecular flexibility index (Phi) is 7.19. The average Bonchev–Trinajstić information content (AvgIpc) is 2.31. The molecule has 0 aromatic heterocycles. The normalized spacial score (nSPS) is 10.8. The van der Waals surface area contributed by atoms with E-state index in [1.54, 1.807) is 0 Å². The molecular weight excluding hydrogens is 196 g/mol. The molecule has 1 heteroatoms. The van der Waals surface area contributed by atoms with Gasteiger partial charge in [0.15, 0.2) is 5.78 Å². The highest BCUT2D eigenvalue weighted by Gasteiger charge is 2.11. The third-order valence-electron chi connectivity index (χ3n) is 2.06. The lowest BCUT2D eigenvalue weighted by Gasteiger charge is -2.05. The van der Waals surface area contributed by atoms with E-state index in [1.807, 2.05) is 71.0 Å². The van der Waals surface area contributed by atoms with Gasteiger partial charge in [-0.15, -0.1) is 0 Å². The first-order valence-electron chi connectivity index (χ1n) is 5.85. The number of hydrogen-bond acceptors (Lipinski definition) is 1. The number of Topliss-reactive ketones (excluding diaryl/α,β-unsaturated/α-hetero) is 1. The number of rotatable bonds is 3. The number of carbonyl (C=O) groups excluding carboxylic acids is 1. The van der Waals surface area contributed by atoms with Crippen LogP contribution in [0.1, 0.15) is 45.0 Å². The van der Waals surface area contributed by atoms with Crippen molar-refractivity contribution in [3.05, 3.63) is 47.5 Å². The Bertz CT molecular complexity index is 332. The molecule has 0 spiro atoms. The van der Waals surface area contributed by atoms with E-state index in [0.717, 1.165) is 5.56 Å². The third-order valence-corrected chi connectivity index (χ3v) is 2.06. The van der Waals surface area contributed by atoms with E-state index in [1.165, 1.54) is 5.57 Å². The van der Waals surface area contributed by atoms with Crippen molar-refractivity contribution in [1.29, 1.82) is 0 Å². The van der Waals surface area contributed by atoms with Crippen molar-refractivity contribution in [3.63, 3.8) is 0 Å². The number of hydrogen-bond donors (Lipinski definition) is 0. The molecule has 1 aromatic rings. The van der Waals surface area contributed by atoms with Crippen LogP contribution in [0.25, 0.3) is 0 Å². The Morgan fingerprint density at radius 3 is 2.06 bits per heavy atom. The molecule has 0 radical (unpaired) electrons. The predicted octanol–water partition coefficient (Wildman–Crippen LogP) is 4.50. The molecule has 1 atom stereocenters. The van der Waals surface area contributed by atoms with E-state index < -0.39 is 0 Å². The molecule has 1 rings (SSSR count). The summed E-state index contributed by atoms with van der Waals surface area (Å²) in [5.41, 5.74) is 1.97. The van der Waals surface area contributed by atoms with Crippen molar-refractivity contribution in [2.24, 2.45) is 5.92 Å². The van der Waals surface area contributed by atoms with Crippen LogP contribution in [0.2, 0.25) is 0 Å². The summed E-state index contributed by atoms with van der Waals surface area (Å²) in [6.45, 7) is 9.95. The van der Waals surface area contributed by atoms with Gasteiger partial charge < -0.3 is 0 Å². The number of carbonyl (C=O) groups is 1. The molecule has 0 aliphatic heterocycles. The van der Waals surface area contributed by atoms with Crippen LogP contribution in [-0.2, 0) is 0 Å². The Morgan fingerprint density at radius 1 is 1.12 bits per heavy atom. The molecule has 1 aromatic carbocycles. The smallest absolute Gasteiger partial charge is 0.169 e. The molecule has 0 saturated carbocycles. The molecule has 0 N–H and O–H groups in total. The van der Waals surface area contributed by atoms with E-state index in [0.29, 0.717) is 0 Å². The Balaban J connectivity index is 0.00000106. The van der Waals surface area contributed by atoms with E-state index in [-0.39, 0.29) is 11.7 Å². The Morgan fingerprint density at radius 2 is 1.62 bits per heavy atom. The zero-order valence-corrected chi connectivity index (χ0v) is 10.9. The number of allylic oxidation sites excluding steroid dienone is 2. The van der Waals surface area contributed by atoms with Crippen molar-refractivity contribution in [1.82, 2.24) is 0 Å². The predicted molar refractivity (Wildman–Crippen MR) is 70.7 cm³/mol. The summed E-state index contributed by atoms with van der Waals surface area (Å²) >= 11 is 0. The Labute approximate surface area is 99.2 Å². The topological polar surface area (TPSA) is 17.1 Å². The first kappa shape index (κ1) is 14.6. The molecule has 0 saturated heterocycles. The maximum atomic E-state index is 11.8. The van der Waals surface area contributed by atoms with Crippen LogP contribution >= 0.6 is 0 Å². The summed E-state index contributed by atoms with van der Waals surface area (Å²) < 4.78 is 0. The van der Waals surface area contributed by atoms with Crippen molar-refractivity contribution >= 4 is 5.78 Å². The first-order chi connectivity index (χ1) is 7.61. The minimum Gasteiger partial charge on any atom is -0.294 e. The van der Waals surface area contributed by atoms with Gasteiger partial charge in [-0.2, -0.15) is 0 Å². The molecule has 0 fully saturated rings. The third kappa shape index (κ3) is 4.92. The summed E-state index contributed by atoms with van der Waals surface area (Å²) in [5.74, 6) is 0.161. The molecule has 0 bridgehead atoms. The first-order valence-corrected chi connectivity index (χ1v) is 5.85. The second-order valence-electron chi connectivity index (χ2n) is 3.76. The van der Waals surface area contributed by atoms with Crippen molar-refractivity contribution < 1.29 is 4.79 Å².